The van der Waals surface area contributed by atoms with E-state index in [0.717, 1.165) is 5.56 Å². The highest BCUT2D eigenvalue weighted by Gasteiger charge is 2.18. The van der Waals surface area contributed by atoms with Crippen LogP contribution in [0.25, 0.3) is 0 Å². The van der Waals surface area contributed by atoms with Crippen LogP contribution in [0.2, 0.25) is 0 Å². The van der Waals surface area contributed by atoms with Crippen LogP contribution in [0.1, 0.15) is 31.4 Å². The molecule has 1 rings (SSSR count). The van der Waals surface area contributed by atoms with Crippen LogP contribution in [0.4, 0.5) is 0 Å². The number of nitrogens with one attached hydrogen (secondary N) is 3. The van der Waals surface area contributed by atoms with Crippen LogP contribution in [0.3, 0.4) is 0 Å². The molecule has 116 valence electrons. The van der Waals surface area contributed by atoms with E-state index in [2.05, 4.69) is 16.2 Å². The highest BCUT2D eigenvalue weighted by molar-refractivity contribution is 7.80. The predicted molar refractivity (Wildman–Crippen MR) is 88.2 cm³/mol. The predicted octanol–water partition coefficient (Wildman–Crippen LogP) is 1.98. The van der Waals surface area contributed by atoms with E-state index in [4.69, 9.17) is 17.0 Å². The van der Waals surface area contributed by atoms with Crippen molar-refractivity contribution in [3.8, 4) is 5.75 Å². The van der Waals surface area contributed by atoms with Crippen molar-refractivity contribution in [2.24, 2.45) is 0 Å². The van der Waals surface area contributed by atoms with Gasteiger partial charge in [0.15, 0.2) is 11.2 Å². The third-order valence-electron chi connectivity index (χ3n) is 3.06. The SMILES string of the molecule is CCNC(=S)NNC(=O)C(CC)Oc1ccc(C)c(C)c1. The Bertz CT molecular complexity index is 506. The summed E-state index contributed by atoms with van der Waals surface area (Å²) in [6.45, 7) is 8.56. The van der Waals surface area contributed by atoms with Gasteiger partial charge in [0.05, 0.1) is 0 Å². The molecule has 0 heterocycles. The average molecular weight is 309 g/mol. The first-order valence-electron chi connectivity index (χ1n) is 7.05. The lowest BCUT2D eigenvalue weighted by Crippen LogP contribution is -2.51. The second kappa shape index (κ2) is 8.46. The van der Waals surface area contributed by atoms with Gasteiger partial charge in [-0.05, 0) is 62.7 Å². The lowest BCUT2D eigenvalue weighted by Gasteiger charge is -2.19. The fraction of sp³-hybridized carbons (Fsp3) is 0.467. The Morgan fingerprint density at radius 3 is 2.52 bits per heavy atom. The van der Waals surface area contributed by atoms with Crippen LogP contribution >= 0.6 is 12.2 Å². The number of hydrogen-bond donors (Lipinski definition) is 3. The number of thiocarbonyl (C=S) groups is 1. The summed E-state index contributed by atoms with van der Waals surface area (Å²) in [7, 11) is 0. The Hall–Kier alpha value is -1.82. The Labute approximate surface area is 131 Å². The van der Waals surface area contributed by atoms with Gasteiger partial charge in [-0.1, -0.05) is 13.0 Å². The topological polar surface area (TPSA) is 62.4 Å². The lowest BCUT2D eigenvalue weighted by atomic mass is 10.1. The molecule has 1 atom stereocenters. The molecule has 3 N–H and O–H groups in total. The summed E-state index contributed by atoms with van der Waals surface area (Å²) in [6.07, 6.45) is -0.00182. The van der Waals surface area contributed by atoms with Gasteiger partial charge >= 0.3 is 0 Å². The maximum absolute atomic E-state index is 12.1. The normalized spacial score (nSPS) is 11.4. The van der Waals surface area contributed by atoms with Crippen LogP contribution in [-0.4, -0.2) is 23.7 Å². The van der Waals surface area contributed by atoms with E-state index in [1.807, 2.05) is 45.9 Å². The zero-order valence-corrected chi connectivity index (χ0v) is 13.8. The summed E-state index contributed by atoms with van der Waals surface area (Å²) >= 11 is 4.98. The van der Waals surface area contributed by atoms with Crippen LogP contribution in [0, 0.1) is 13.8 Å². The van der Waals surface area contributed by atoms with E-state index in [0.29, 0.717) is 23.8 Å². The third-order valence-corrected chi connectivity index (χ3v) is 3.30. The summed E-state index contributed by atoms with van der Waals surface area (Å²) < 4.78 is 5.74. The number of carbonyl (C=O) groups excluding carboxylic acids is 1. The van der Waals surface area contributed by atoms with Gasteiger partial charge in [0.25, 0.3) is 5.91 Å². The molecule has 1 aromatic rings. The fourth-order valence-electron chi connectivity index (χ4n) is 1.68. The number of carbonyl (C=O) groups is 1. The molecule has 0 radical (unpaired) electrons. The minimum Gasteiger partial charge on any atom is -0.481 e. The molecule has 0 bridgehead atoms. The van der Waals surface area contributed by atoms with Crippen molar-refractivity contribution in [3.63, 3.8) is 0 Å². The smallest absolute Gasteiger partial charge is 0.279 e. The van der Waals surface area contributed by atoms with Crippen molar-refractivity contribution in [1.29, 1.82) is 0 Å². The number of aryl methyl sites for hydroxylation is 2. The Balaban J connectivity index is 2.59. The zero-order valence-electron chi connectivity index (χ0n) is 12.9. The molecular weight excluding hydrogens is 286 g/mol. The van der Waals surface area contributed by atoms with E-state index in [1.165, 1.54) is 5.56 Å². The van der Waals surface area contributed by atoms with Gasteiger partial charge in [0.1, 0.15) is 5.75 Å². The molecule has 6 heteroatoms. The van der Waals surface area contributed by atoms with E-state index in [9.17, 15) is 4.79 Å². The fourth-order valence-corrected chi connectivity index (χ4v) is 1.87. The first kappa shape index (κ1) is 17.2. The molecule has 1 aromatic carbocycles. The van der Waals surface area contributed by atoms with E-state index in [-0.39, 0.29) is 5.91 Å². The quantitative estimate of drug-likeness (QED) is 0.573. The summed E-state index contributed by atoms with van der Waals surface area (Å²) in [4.78, 5) is 12.1. The Morgan fingerprint density at radius 2 is 1.95 bits per heavy atom. The molecule has 0 aromatic heterocycles. The number of rotatable bonds is 5. The first-order chi connectivity index (χ1) is 9.97. The first-order valence-corrected chi connectivity index (χ1v) is 7.46. The van der Waals surface area contributed by atoms with E-state index in [1.54, 1.807) is 0 Å². The molecule has 0 aliphatic rings. The molecule has 1 unspecified atom stereocenters. The van der Waals surface area contributed by atoms with Crippen molar-refractivity contribution >= 4 is 23.2 Å². The molecule has 0 saturated carbocycles. The summed E-state index contributed by atoms with van der Waals surface area (Å²) in [5, 5.41) is 3.27. The maximum atomic E-state index is 12.1. The minimum atomic E-state index is -0.566. The number of ether oxygens (including phenoxy) is 1. The summed E-state index contributed by atoms with van der Waals surface area (Å²) in [6, 6.07) is 5.78. The second-order valence-electron chi connectivity index (χ2n) is 4.73. The van der Waals surface area contributed by atoms with Crippen LogP contribution in [0.15, 0.2) is 18.2 Å². The van der Waals surface area contributed by atoms with Crippen molar-refractivity contribution < 1.29 is 9.53 Å². The number of amides is 1. The molecular formula is C15H23N3O2S. The Morgan fingerprint density at radius 1 is 1.24 bits per heavy atom. The summed E-state index contributed by atoms with van der Waals surface area (Å²) in [5.74, 6) is 0.436. The summed E-state index contributed by atoms with van der Waals surface area (Å²) in [5.41, 5.74) is 7.52. The van der Waals surface area contributed by atoms with Crippen molar-refractivity contribution in [1.82, 2.24) is 16.2 Å². The molecule has 0 spiro atoms. The van der Waals surface area contributed by atoms with Gasteiger partial charge in [0, 0.05) is 6.54 Å². The number of hydrazine groups is 1. The van der Waals surface area contributed by atoms with Crippen molar-refractivity contribution in [2.75, 3.05) is 6.54 Å². The van der Waals surface area contributed by atoms with Crippen LogP contribution in [-0.2, 0) is 4.79 Å². The molecule has 0 aliphatic heterocycles. The second-order valence-corrected chi connectivity index (χ2v) is 5.14. The van der Waals surface area contributed by atoms with Crippen LogP contribution < -0.4 is 20.9 Å². The minimum absolute atomic E-state index is 0.254. The van der Waals surface area contributed by atoms with Gasteiger partial charge in [-0.2, -0.15) is 0 Å². The zero-order chi connectivity index (χ0) is 15.8. The van der Waals surface area contributed by atoms with Gasteiger partial charge in [-0.15, -0.1) is 0 Å². The molecule has 1 amide bonds. The highest BCUT2D eigenvalue weighted by Crippen LogP contribution is 2.18. The van der Waals surface area contributed by atoms with Gasteiger partial charge in [-0.3, -0.25) is 15.6 Å². The number of benzene rings is 1. The van der Waals surface area contributed by atoms with Gasteiger partial charge in [-0.25, -0.2) is 0 Å². The van der Waals surface area contributed by atoms with Gasteiger partial charge < -0.3 is 10.1 Å². The maximum Gasteiger partial charge on any atom is 0.279 e. The molecule has 0 fully saturated rings. The van der Waals surface area contributed by atoms with Crippen molar-refractivity contribution in [3.05, 3.63) is 29.3 Å². The largest absolute Gasteiger partial charge is 0.481 e. The van der Waals surface area contributed by atoms with E-state index < -0.39 is 6.10 Å². The van der Waals surface area contributed by atoms with Crippen molar-refractivity contribution in [2.45, 2.75) is 40.2 Å². The van der Waals surface area contributed by atoms with E-state index >= 15 is 0 Å². The lowest BCUT2D eigenvalue weighted by molar-refractivity contribution is -0.128. The molecule has 5 nitrogen and oxygen atoms in total. The Kier molecular flexibility index (Phi) is 6.94. The molecule has 21 heavy (non-hydrogen) atoms. The third kappa shape index (κ3) is 5.59. The highest BCUT2D eigenvalue weighted by atomic mass is 32.1. The molecule has 0 aliphatic carbocycles. The standard InChI is InChI=1S/C15H23N3O2S/c1-5-13(14(19)17-18-15(21)16-6-2)20-12-8-7-10(3)11(4)9-12/h7-9,13H,5-6H2,1-4H3,(H,17,19)(H2,16,18,21). The number of hydrogen-bond acceptors (Lipinski definition) is 3. The van der Waals surface area contributed by atoms with Gasteiger partial charge in [0.2, 0.25) is 0 Å². The van der Waals surface area contributed by atoms with Crippen LogP contribution in [0.5, 0.6) is 5.75 Å². The monoisotopic (exact) mass is 309 g/mol. The average Bonchev–Trinajstić information content (AvgIpc) is 2.46. The molecule has 0 saturated heterocycles.